The predicted molar refractivity (Wildman–Crippen MR) is 229 cm³/mol. The van der Waals surface area contributed by atoms with Crippen molar-refractivity contribution >= 4 is 45.8 Å². The highest BCUT2D eigenvalue weighted by Gasteiger charge is 2.42. The van der Waals surface area contributed by atoms with Crippen molar-refractivity contribution in [3.8, 4) is 28.1 Å². The van der Waals surface area contributed by atoms with Crippen molar-refractivity contribution in [2.75, 3.05) is 14.2 Å². The number of H-pyrrole nitrogens is 2. The number of imidazole rings is 2. The molecule has 3 aromatic carbocycles. The predicted octanol–water partition coefficient (Wildman–Crippen LogP) is 6.72. The number of methoxy groups -OCH3 is 2. The van der Waals surface area contributed by atoms with Crippen LogP contribution in [-0.2, 0) is 32.2 Å². The van der Waals surface area contributed by atoms with Gasteiger partial charge in [-0.05, 0) is 92.3 Å². The average Bonchev–Trinajstić information content (AvgIpc) is 4.00. The van der Waals surface area contributed by atoms with E-state index in [-0.39, 0.29) is 36.5 Å². The standard InChI is InChI=1S/C45H56N8O8/c1-9-10-24(4)52(42(55)38(23(2)3)50-44(57)59-7)21-37-47-33-15-13-27-18-32-30-14-12-28(17-29(30)22-61-36(32)19-31(27)40(33)49-37)34-20-46-41(48-34)35-16-11-25(5)53(35)43(56)39(26(6)54)51-45(58)60-8/h12-15,17-20,23-26,35,38-39,54H,9-11,16,21-22H2,1-8H3,(H,46,48)(H,47,49)(H,50,57)(H,51,58)/t24-,25-,26+,35-,38-,39-/m0/s1. The second-order valence-electron chi connectivity index (χ2n) is 16.6. The molecule has 0 aliphatic carbocycles. The van der Waals surface area contributed by atoms with E-state index in [9.17, 15) is 24.3 Å². The lowest BCUT2D eigenvalue weighted by atomic mass is 9.92. The van der Waals surface area contributed by atoms with E-state index in [1.165, 1.54) is 21.1 Å². The molecule has 0 unspecified atom stereocenters. The van der Waals surface area contributed by atoms with Crippen molar-refractivity contribution in [1.82, 2.24) is 40.4 Å². The average molecular weight is 837 g/mol. The minimum atomic E-state index is -1.16. The van der Waals surface area contributed by atoms with Gasteiger partial charge in [0.2, 0.25) is 11.8 Å². The Bertz CT molecular complexity index is 2440. The number of aliphatic hydroxyl groups is 1. The van der Waals surface area contributed by atoms with Crippen LogP contribution in [0.1, 0.15) is 90.5 Å². The monoisotopic (exact) mass is 836 g/mol. The molecule has 61 heavy (non-hydrogen) atoms. The highest BCUT2D eigenvalue weighted by molar-refractivity contribution is 6.07. The van der Waals surface area contributed by atoms with E-state index in [1.54, 1.807) is 16.0 Å². The number of hydrogen-bond acceptors (Lipinski definition) is 10. The summed E-state index contributed by atoms with van der Waals surface area (Å²) in [7, 11) is 2.50. The number of aliphatic hydroxyl groups excluding tert-OH is 1. The van der Waals surface area contributed by atoms with Crippen LogP contribution in [0.25, 0.3) is 44.2 Å². The summed E-state index contributed by atoms with van der Waals surface area (Å²) >= 11 is 0. The van der Waals surface area contributed by atoms with Crippen LogP contribution < -0.4 is 15.4 Å². The van der Waals surface area contributed by atoms with Gasteiger partial charge in [0, 0.05) is 23.0 Å². The minimum Gasteiger partial charge on any atom is -0.488 e. The van der Waals surface area contributed by atoms with Gasteiger partial charge in [0.25, 0.3) is 0 Å². The molecule has 6 atom stereocenters. The molecule has 1 saturated heterocycles. The zero-order valence-electron chi connectivity index (χ0n) is 36.0. The number of ether oxygens (including phenoxy) is 3. The molecule has 0 saturated carbocycles. The maximum Gasteiger partial charge on any atom is 0.407 e. The molecule has 0 spiro atoms. The van der Waals surface area contributed by atoms with Gasteiger partial charge in [-0.2, -0.15) is 0 Å². The van der Waals surface area contributed by atoms with Crippen LogP contribution in [0, 0.1) is 5.92 Å². The second-order valence-corrected chi connectivity index (χ2v) is 16.6. The molecular weight excluding hydrogens is 781 g/mol. The quantitative estimate of drug-likeness (QED) is 0.0847. The van der Waals surface area contributed by atoms with Crippen molar-refractivity contribution in [2.45, 2.75) is 117 Å². The van der Waals surface area contributed by atoms with Gasteiger partial charge in [0.15, 0.2) is 0 Å². The molecule has 4 heterocycles. The minimum absolute atomic E-state index is 0.0932. The van der Waals surface area contributed by atoms with E-state index in [2.05, 4.69) is 45.7 Å². The van der Waals surface area contributed by atoms with Gasteiger partial charge < -0.3 is 49.7 Å². The number of nitrogens with zero attached hydrogens (tertiary/aromatic N) is 4. The molecule has 2 aliphatic heterocycles. The van der Waals surface area contributed by atoms with Gasteiger partial charge in [0.05, 0.1) is 55.8 Å². The number of carbonyl (C=O) groups excluding carboxylic acids is 4. The highest BCUT2D eigenvalue weighted by atomic mass is 16.5. The number of benzene rings is 3. The number of aromatic amines is 2. The molecule has 5 N–H and O–H groups in total. The molecule has 16 nitrogen and oxygen atoms in total. The van der Waals surface area contributed by atoms with Crippen LogP contribution in [0.3, 0.4) is 0 Å². The normalized spacial score (nSPS) is 17.8. The summed E-state index contributed by atoms with van der Waals surface area (Å²) in [5.41, 5.74) is 6.35. The number of amides is 4. The van der Waals surface area contributed by atoms with Crippen molar-refractivity contribution in [1.29, 1.82) is 0 Å². The van der Waals surface area contributed by atoms with Crippen molar-refractivity contribution in [3.05, 3.63) is 65.9 Å². The Kier molecular flexibility index (Phi) is 12.5. The number of alkyl carbamates (subject to hydrolysis) is 2. The Morgan fingerprint density at radius 3 is 2.39 bits per heavy atom. The van der Waals surface area contributed by atoms with Gasteiger partial charge in [-0.3, -0.25) is 9.59 Å². The number of carbonyl (C=O) groups is 4. The number of rotatable bonds is 13. The lowest BCUT2D eigenvalue weighted by Crippen LogP contribution is -2.54. The molecule has 2 aliphatic rings. The summed E-state index contributed by atoms with van der Waals surface area (Å²) in [4.78, 5) is 71.9. The number of likely N-dealkylation sites (tertiary alicyclic amines) is 1. The van der Waals surface area contributed by atoms with Crippen molar-refractivity contribution in [3.63, 3.8) is 0 Å². The Balaban J connectivity index is 1.13. The molecule has 0 bridgehead atoms. The summed E-state index contributed by atoms with van der Waals surface area (Å²) in [6.45, 7) is 11.9. The van der Waals surface area contributed by atoms with Crippen molar-refractivity contribution < 1.29 is 38.5 Å². The van der Waals surface area contributed by atoms with Gasteiger partial charge in [0.1, 0.15) is 36.1 Å². The number of fused-ring (bicyclic) bond motifs is 6. The van der Waals surface area contributed by atoms with E-state index in [4.69, 9.17) is 24.2 Å². The van der Waals surface area contributed by atoms with E-state index in [0.717, 1.165) is 74.8 Å². The third-order valence-electron chi connectivity index (χ3n) is 12.0. The van der Waals surface area contributed by atoms with Gasteiger partial charge in [-0.25, -0.2) is 19.6 Å². The summed E-state index contributed by atoms with van der Waals surface area (Å²) in [5, 5.41) is 17.5. The summed E-state index contributed by atoms with van der Waals surface area (Å²) in [6, 6.07) is 11.9. The zero-order valence-corrected chi connectivity index (χ0v) is 36.0. The first-order valence-electron chi connectivity index (χ1n) is 21.0. The highest BCUT2D eigenvalue weighted by Crippen LogP contribution is 2.43. The SMILES string of the molecule is CCC[C@H](C)N(Cc1nc2ccc3cc4c(cc3c2[nH]1)OCc1cc(-c2cnc([C@@H]3CC[C@H](C)N3C(=O)[C@@H](NC(=O)OC)[C@@H](C)O)[nH]2)ccc1-4)C(=O)[C@@H](NC(=O)OC)C(C)C. The van der Waals surface area contributed by atoms with Crippen LogP contribution >= 0.6 is 0 Å². The smallest absolute Gasteiger partial charge is 0.407 e. The fourth-order valence-electron chi connectivity index (χ4n) is 8.66. The third-order valence-corrected chi connectivity index (χ3v) is 12.0. The van der Waals surface area contributed by atoms with Crippen LogP contribution in [0.4, 0.5) is 9.59 Å². The Morgan fingerprint density at radius 2 is 1.70 bits per heavy atom. The second kappa shape index (κ2) is 17.8. The van der Waals surface area contributed by atoms with Crippen molar-refractivity contribution in [2.24, 2.45) is 5.92 Å². The topological polar surface area (TPSA) is 204 Å². The number of nitrogens with one attached hydrogen (secondary N) is 4. The third kappa shape index (κ3) is 8.58. The lowest BCUT2D eigenvalue weighted by molar-refractivity contribution is -0.139. The van der Waals surface area contributed by atoms with Gasteiger partial charge >= 0.3 is 12.2 Å². The van der Waals surface area contributed by atoms with Crippen LogP contribution in [0.15, 0.2) is 48.7 Å². The lowest BCUT2D eigenvalue weighted by Gasteiger charge is -2.33. The molecule has 16 heteroatoms. The molecule has 324 valence electrons. The maximum absolute atomic E-state index is 14.0. The van der Waals surface area contributed by atoms with E-state index >= 15 is 0 Å². The van der Waals surface area contributed by atoms with E-state index in [1.807, 2.05) is 52.0 Å². The summed E-state index contributed by atoms with van der Waals surface area (Å²) in [6.07, 6.45) is 2.28. The number of hydrogen-bond donors (Lipinski definition) is 5. The fraction of sp³-hybridized carbons (Fsp3) is 0.467. The molecule has 0 radical (unpaired) electrons. The van der Waals surface area contributed by atoms with Crippen LogP contribution in [0.2, 0.25) is 0 Å². The molecule has 1 fully saturated rings. The maximum atomic E-state index is 14.0. The Hall–Kier alpha value is -6.16. The van der Waals surface area contributed by atoms with Gasteiger partial charge in [-0.15, -0.1) is 0 Å². The van der Waals surface area contributed by atoms with E-state index in [0.29, 0.717) is 24.7 Å². The summed E-state index contributed by atoms with van der Waals surface area (Å²) in [5.74, 6) is 1.26. The van der Waals surface area contributed by atoms with E-state index < -0.39 is 36.3 Å². The molecule has 5 aromatic rings. The zero-order chi connectivity index (χ0) is 43.7. The number of aromatic nitrogens is 4. The first kappa shape index (κ1) is 42.9. The largest absolute Gasteiger partial charge is 0.488 e. The Morgan fingerprint density at radius 1 is 0.967 bits per heavy atom. The Labute approximate surface area is 354 Å². The van der Waals surface area contributed by atoms with Crippen LogP contribution in [0.5, 0.6) is 5.75 Å². The fourth-order valence-corrected chi connectivity index (χ4v) is 8.66. The van der Waals surface area contributed by atoms with Crippen LogP contribution in [-0.4, -0.2) is 103 Å². The molecular formula is C45H56N8O8. The summed E-state index contributed by atoms with van der Waals surface area (Å²) < 4.78 is 15.9. The first-order valence-corrected chi connectivity index (χ1v) is 21.0. The first-order chi connectivity index (χ1) is 29.2. The van der Waals surface area contributed by atoms with Gasteiger partial charge in [-0.1, -0.05) is 45.4 Å². The molecule has 7 rings (SSSR count). The molecule has 2 aromatic heterocycles. The molecule has 4 amide bonds.